The average molecular weight is 382 g/mol. The average Bonchev–Trinajstić information content (AvgIpc) is 3.20. The first-order valence-electron chi connectivity index (χ1n) is 10.7. The summed E-state index contributed by atoms with van der Waals surface area (Å²) in [4.78, 5) is 16.0. The Morgan fingerprint density at radius 3 is 2.52 bits per heavy atom. The number of imidazole rings is 1. The van der Waals surface area contributed by atoms with Gasteiger partial charge in [0.15, 0.2) is 0 Å². The topological polar surface area (TPSA) is 57.5 Å². The van der Waals surface area contributed by atoms with Gasteiger partial charge in [0.1, 0.15) is 5.60 Å². The maximum absolute atomic E-state index is 6.02. The van der Waals surface area contributed by atoms with Crippen LogP contribution >= 0.6 is 0 Å². The van der Waals surface area contributed by atoms with E-state index in [0.29, 0.717) is 0 Å². The molecule has 0 unspecified atom stereocenters. The molecule has 1 aliphatic heterocycles. The van der Waals surface area contributed by atoms with Gasteiger partial charge < -0.3 is 14.6 Å². The number of hydrogen-bond acceptors (Lipinski definition) is 5. The van der Waals surface area contributed by atoms with Crippen molar-refractivity contribution in [1.29, 1.82) is 0 Å². The van der Waals surface area contributed by atoms with Crippen molar-refractivity contribution in [2.75, 3.05) is 20.2 Å². The monoisotopic (exact) mass is 381 g/mol. The number of unbranched alkanes of at least 4 members (excludes halogenated alkanes) is 2. The Labute approximate surface area is 164 Å². The van der Waals surface area contributed by atoms with Crippen molar-refractivity contribution in [3.05, 3.63) is 18.7 Å². The molecular formula is C21H39N3O3. The molecule has 1 aromatic heterocycles. The molecule has 0 bridgehead atoms. The zero-order chi connectivity index (χ0) is 19.6. The maximum Gasteiger partial charge on any atom is 0.202 e. The SMILES string of the molecule is CCCCC1(CCCC)C[C@H](CNCCCn2ccnc2)[C@](C)(OC)OO1. The van der Waals surface area contributed by atoms with E-state index in [9.17, 15) is 0 Å². The zero-order valence-electron chi connectivity index (χ0n) is 17.7. The first-order valence-corrected chi connectivity index (χ1v) is 10.7. The third-order valence-electron chi connectivity index (χ3n) is 5.84. The summed E-state index contributed by atoms with van der Waals surface area (Å²) in [7, 11) is 1.71. The molecule has 0 spiro atoms. The van der Waals surface area contributed by atoms with E-state index in [2.05, 4.69) is 28.7 Å². The molecule has 2 rings (SSSR count). The van der Waals surface area contributed by atoms with Crippen molar-refractivity contribution < 1.29 is 14.5 Å². The van der Waals surface area contributed by atoms with Gasteiger partial charge in [0, 0.05) is 38.5 Å². The molecule has 2 atom stereocenters. The van der Waals surface area contributed by atoms with Gasteiger partial charge in [0.2, 0.25) is 5.79 Å². The molecule has 156 valence electrons. The van der Waals surface area contributed by atoms with E-state index in [1.54, 1.807) is 7.11 Å². The molecule has 1 aromatic rings. The lowest BCUT2D eigenvalue weighted by molar-refractivity contribution is -0.500. The summed E-state index contributed by atoms with van der Waals surface area (Å²) in [6.07, 6.45) is 14.5. The van der Waals surface area contributed by atoms with Gasteiger partial charge in [-0.25, -0.2) is 14.8 Å². The number of nitrogens with one attached hydrogen (secondary N) is 1. The van der Waals surface area contributed by atoms with Crippen molar-refractivity contribution in [2.24, 2.45) is 5.92 Å². The Balaban J connectivity index is 1.89. The highest BCUT2D eigenvalue weighted by molar-refractivity contribution is 4.91. The minimum atomic E-state index is -0.695. The molecule has 0 amide bonds. The molecule has 2 heterocycles. The molecule has 6 nitrogen and oxygen atoms in total. The molecular weight excluding hydrogens is 342 g/mol. The predicted molar refractivity (Wildman–Crippen MR) is 107 cm³/mol. The van der Waals surface area contributed by atoms with Crippen molar-refractivity contribution in [3.8, 4) is 0 Å². The Morgan fingerprint density at radius 1 is 1.19 bits per heavy atom. The van der Waals surface area contributed by atoms with Gasteiger partial charge in [-0.2, -0.15) is 0 Å². The van der Waals surface area contributed by atoms with Crippen LogP contribution in [-0.4, -0.2) is 41.1 Å². The fourth-order valence-corrected chi connectivity index (χ4v) is 3.86. The van der Waals surface area contributed by atoms with Crippen molar-refractivity contribution >= 4 is 0 Å². The van der Waals surface area contributed by atoms with Crippen LogP contribution in [0.3, 0.4) is 0 Å². The third-order valence-corrected chi connectivity index (χ3v) is 5.84. The number of aromatic nitrogens is 2. The molecule has 1 N–H and O–H groups in total. The van der Waals surface area contributed by atoms with Gasteiger partial charge in [0.05, 0.1) is 6.33 Å². The van der Waals surface area contributed by atoms with Gasteiger partial charge >= 0.3 is 0 Å². The maximum atomic E-state index is 6.02. The summed E-state index contributed by atoms with van der Waals surface area (Å²) in [6, 6.07) is 0. The second kappa shape index (κ2) is 11.1. The van der Waals surface area contributed by atoms with E-state index in [1.165, 1.54) is 25.7 Å². The fourth-order valence-electron chi connectivity index (χ4n) is 3.86. The Kier molecular flexibility index (Phi) is 9.22. The van der Waals surface area contributed by atoms with Gasteiger partial charge in [-0.05, 0) is 39.2 Å². The minimum absolute atomic E-state index is 0.173. The second-order valence-corrected chi connectivity index (χ2v) is 8.04. The second-order valence-electron chi connectivity index (χ2n) is 8.04. The number of nitrogens with zero attached hydrogens (tertiary/aromatic N) is 2. The van der Waals surface area contributed by atoms with E-state index in [-0.39, 0.29) is 11.5 Å². The summed E-state index contributed by atoms with van der Waals surface area (Å²) >= 11 is 0. The Morgan fingerprint density at radius 2 is 1.93 bits per heavy atom. The van der Waals surface area contributed by atoms with Gasteiger partial charge in [-0.15, -0.1) is 0 Å². The highest BCUT2D eigenvalue weighted by atomic mass is 17.2. The van der Waals surface area contributed by atoms with Crippen LogP contribution in [0.2, 0.25) is 0 Å². The molecule has 1 fully saturated rings. The summed E-state index contributed by atoms with van der Waals surface area (Å²) in [5.41, 5.74) is -0.173. The molecule has 1 aliphatic rings. The van der Waals surface area contributed by atoms with Crippen molar-refractivity contribution in [2.45, 2.75) is 90.1 Å². The first kappa shape index (κ1) is 22.3. The van der Waals surface area contributed by atoms with Crippen LogP contribution in [0, 0.1) is 5.92 Å². The molecule has 27 heavy (non-hydrogen) atoms. The van der Waals surface area contributed by atoms with Gasteiger partial charge in [-0.3, -0.25) is 0 Å². The number of rotatable bonds is 13. The smallest absolute Gasteiger partial charge is 0.202 e. The number of ether oxygens (including phenoxy) is 1. The summed E-state index contributed by atoms with van der Waals surface area (Å²) in [5, 5.41) is 3.61. The normalized spacial score (nSPS) is 25.0. The number of hydrogen-bond donors (Lipinski definition) is 1. The minimum Gasteiger partial charge on any atom is -0.351 e. The highest BCUT2D eigenvalue weighted by Gasteiger charge is 2.49. The lowest BCUT2D eigenvalue weighted by Crippen LogP contribution is -2.55. The lowest BCUT2D eigenvalue weighted by atomic mass is 9.79. The van der Waals surface area contributed by atoms with Crippen LogP contribution in [0.4, 0.5) is 0 Å². The Hall–Kier alpha value is -0.950. The van der Waals surface area contributed by atoms with Crippen LogP contribution in [0.1, 0.15) is 72.1 Å². The van der Waals surface area contributed by atoms with Crippen molar-refractivity contribution in [1.82, 2.24) is 14.9 Å². The molecule has 0 saturated carbocycles. The highest BCUT2D eigenvalue weighted by Crippen LogP contribution is 2.43. The van der Waals surface area contributed by atoms with Crippen LogP contribution < -0.4 is 5.32 Å². The quantitative estimate of drug-likeness (QED) is 0.407. The molecule has 0 aromatic carbocycles. The largest absolute Gasteiger partial charge is 0.351 e. The predicted octanol–water partition coefficient (Wildman–Crippen LogP) is 4.31. The molecule has 0 aliphatic carbocycles. The summed E-state index contributed by atoms with van der Waals surface area (Å²) < 4.78 is 7.82. The Bertz CT molecular complexity index is 501. The number of aryl methyl sites for hydroxylation is 1. The number of methoxy groups -OCH3 is 1. The van der Waals surface area contributed by atoms with Crippen molar-refractivity contribution in [3.63, 3.8) is 0 Å². The van der Waals surface area contributed by atoms with Crippen LogP contribution in [0.15, 0.2) is 18.7 Å². The molecule has 6 heteroatoms. The van der Waals surface area contributed by atoms with Crippen LogP contribution in [-0.2, 0) is 21.1 Å². The lowest BCUT2D eigenvalue weighted by Gasteiger charge is -2.48. The molecule has 0 radical (unpaired) electrons. The van der Waals surface area contributed by atoms with E-state index in [4.69, 9.17) is 14.5 Å². The van der Waals surface area contributed by atoms with E-state index < -0.39 is 5.79 Å². The van der Waals surface area contributed by atoms with E-state index in [1.807, 2.05) is 25.6 Å². The van der Waals surface area contributed by atoms with Gasteiger partial charge in [0.25, 0.3) is 0 Å². The van der Waals surface area contributed by atoms with E-state index >= 15 is 0 Å². The fraction of sp³-hybridized carbons (Fsp3) is 0.857. The van der Waals surface area contributed by atoms with Crippen LogP contribution in [0.25, 0.3) is 0 Å². The first-order chi connectivity index (χ1) is 13.1. The van der Waals surface area contributed by atoms with Gasteiger partial charge in [-0.1, -0.05) is 39.5 Å². The standard InChI is InChI=1S/C21H39N3O3/c1-5-7-10-21(11-8-6-2)16-19(20(3,25-4)26-27-21)17-22-12-9-14-24-15-13-23-18-24/h13,15,18-19,22H,5-12,14,16-17H2,1-4H3/t19-,20-/m1/s1. The molecule has 1 saturated heterocycles. The third kappa shape index (κ3) is 6.56. The summed E-state index contributed by atoms with van der Waals surface area (Å²) in [5.74, 6) is -0.433. The zero-order valence-corrected chi connectivity index (χ0v) is 17.7. The van der Waals surface area contributed by atoms with E-state index in [0.717, 1.165) is 45.3 Å². The summed E-state index contributed by atoms with van der Waals surface area (Å²) in [6.45, 7) is 9.28. The van der Waals surface area contributed by atoms with Crippen LogP contribution in [0.5, 0.6) is 0 Å².